The number of methoxy groups -OCH3 is 1. The minimum atomic E-state index is -0.0437. The summed E-state index contributed by atoms with van der Waals surface area (Å²) in [5, 5.41) is 0. The van der Waals surface area contributed by atoms with Crippen LogP contribution < -0.4 is 5.73 Å². The Kier molecular flexibility index (Phi) is 5.05. The van der Waals surface area contributed by atoms with Gasteiger partial charge in [-0.3, -0.25) is 0 Å². The zero-order valence-corrected chi connectivity index (χ0v) is 12.0. The molecule has 2 N–H and O–H groups in total. The predicted octanol–water partition coefficient (Wildman–Crippen LogP) is 2.87. The van der Waals surface area contributed by atoms with Gasteiger partial charge < -0.3 is 15.2 Å². The Balaban J connectivity index is 1.92. The predicted molar refractivity (Wildman–Crippen MR) is 73.6 cm³/mol. The molecule has 2 fully saturated rings. The number of rotatable bonds is 4. The summed E-state index contributed by atoms with van der Waals surface area (Å²) in [4.78, 5) is 0. The van der Waals surface area contributed by atoms with E-state index in [0.29, 0.717) is 18.8 Å². The third-order valence-electron chi connectivity index (χ3n) is 4.75. The molecule has 106 valence electrons. The minimum Gasteiger partial charge on any atom is -0.381 e. The van der Waals surface area contributed by atoms with Crippen LogP contribution in [-0.2, 0) is 9.47 Å². The van der Waals surface area contributed by atoms with E-state index in [1.807, 2.05) is 7.11 Å². The Morgan fingerprint density at radius 2 is 1.94 bits per heavy atom. The highest BCUT2D eigenvalue weighted by atomic mass is 16.5. The molecule has 3 nitrogen and oxygen atoms in total. The summed E-state index contributed by atoms with van der Waals surface area (Å²) in [6, 6.07) is 0. The van der Waals surface area contributed by atoms with Crippen molar-refractivity contribution in [3.05, 3.63) is 0 Å². The summed E-state index contributed by atoms with van der Waals surface area (Å²) in [6.45, 7) is 3.00. The maximum absolute atomic E-state index is 6.47. The van der Waals surface area contributed by atoms with E-state index in [2.05, 4.69) is 6.92 Å². The molecule has 4 atom stereocenters. The Hall–Kier alpha value is -0.120. The van der Waals surface area contributed by atoms with Crippen molar-refractivity contribution in [2.24, 2.45) is 11.7 Å². The molecule has 2 aliphatic carbocycles. The van der Waals surface area contributed by atoms with E-state index >= 15 is 0 Å². The molecule has 0 radical (unpaired) electrons. The first-order valence-electron chi connectivity index (χ1n) is 7.58. The van der Waals surface area contributed by atoms with Crippen LogP contribution in [-0.4, -0.2) is 31.5 Å². The SMILES string of the molecule is COC1CCCC(OC2(CN)CCCC(C)C2)C1. The molecule has 0 amide bonds. The first kappa shape index (κ1) is 14.3. The van der Waals surface area contributed by atoms with Gasteiger partial charge in [0, 0.05) is 13.7 Å². The van der Waals surface area contributed by atoms with Crippen LogP contribution in [0.5, 0.6) is 0 Å². The molecule has 0 aliphatic heterocycles. The molecule has 2 rings (SSSR count). The Labute approximate surface area is 111 Å². The largest absolute Gasteiger partial charge is 0.381 e. The smallest absolute Gasteiger partial charge is 0.0810 e. The highest BCUT2D eigenvalue weighted by molar-refractivity contribution is 4.90. The van der Waals surface area contributed by atoms with Crippen molar-refractivity contribution >= 4 is 0 Å². The molecule has 18 heavy (non-hydrogen) atoms. The quantitative estimate of drug-likeness (QED) is 0.840. The summed E-state index contributed by atoms with van der Waals surface area (Å²) < 4.78 is 12.0. The summed E-state index contributed by atoms with van der Waals surface area (Å²) >= 11 is 0. The van der Waals surface area contributed by atoms with Crippen LogP contribution in [0, 0.1) is 5.92 Å². The molecule has 0 aromatic carbocycles. The molecule has 0 saturated heterocycles. The molecule has 0 aromatic heterocycles. The van der Waals surface area contributed by atoms with Crippen molar-refractivity contribution in [1.29, 1.82) is 0 Å². The van der Waals surface area contributed by atoms with Gasteiger partial charge in [0.05, 0.1) is 17.8 Å². The molecule has 0 aromatic rings. The Bertz CT molecular complexity index is 259. The molecular formula is C15H29NO2. The molecule has 3 heteroatoms. The average molecular weight is 255 g/mol. The number of ether oxygens (including phenoxy) is 2. The number of hydrogen-bond acceptors (Lipinski definition) is 3. The van der Waals surface area contributed by atoms with E-state index < -0.39 is 0 Å². The van der Waals surface area contributed by atoms with Crippen molar-refractivity contribution in [3.63, 3.8) is 0 Å². The van der Waals surface area contributed by atoms with Crippen molar-refractivity contribution in [2.75, 3.05) is 13.7 Å². The van der Waals surface area contributed by atoms with Crippen molar-refractivity contribution < 1.29 is 9.47 Å². The fourth-order valence-corrected chi connectivity index (χ4v) is 3.73. The molecule has 0 heterocycles. The van der Waals surface area contributed by atoms with Crippen LogP contribution in [0.25, 0.3) is 0 Å². The topological polar surface area (TPSA) is 44.5 Å². The van der Waals surface area contributed by atoms with Crippen molar-refractivity contribution in [2.45, 2.75) is 76.1 Å². The first-order valence-corrected chi connectivity index (χ1v) is 7.58. The summed E-state index contributed by atoms with van der Waals surface area (Å²) in [6.07, 6.45) is 10.2. The lowest BCUT2D eigenvalue weighted by Gasteiger charge is -2.43. The van der Waals surface area contributed by atoms with E-state index in [1.165, 1.54) is 32.1 Å². The fraction of sp³-hybridized carbons (Fsp3) is 1.00. The van der Waals surface area contributed by atoms with Crippen LogP contribution in [0.1, 0.15) is 58.3 Å². The van der Waals surface area contributed by atoms with Crippen LogP contribution in [0.4, 0.5) is 0 Å². The van der Waals surface area contributed by atoms with Gasteiger partial charge in [-0.2, -0.15) is 0 Å². The van der Waals surface area contributed by atoms with Crippen LogP contribution in [0.3, 0.4) is 0 Å². The van der Waals surface area contributed by atoms with Crippen molar-refractivity contribution in [3.8, 4) is 0 Å². The lowest BCUT2D eigenvalue weighted by molar-refractivity contribution is -0.139. The van der Waals surface area contributed by atoms with Crippen molar-refractivity contribution in [1.82, 2.24) is 0 Å². The molecule has 4 unspecified atom stereocenters. The fourth-order valence-electron chi connectivity index (χ4n) is 3.73. The van der Waals surface area contributed by atoms with E-state index in [-0.39, 0.29) is 5.60 Å². The Morgan fingerprint density at radius 3 is 2.61 bits per heavy atom. The third-order valence-corrected chi connectivity index (χ3v) is 4.75. The van der Waals surface area contributed by atoms with Gasteiger partial charge in [-0.25, -0.2) is 0 Å². The lowest BCUT2D eigenvalue weighted by atomic mass is 9.78. The van der Waals surface area contributed by atoms with Gasteiger partial charge in [0.2, 0.25) is 0 Å². The number of hydrogen-bond donors (Lipinski definition) is 1. The lowest BCUT2D eigenvalue weighted by Crippen LogP contribution is -2.48. The van der Waals surface area contributed by atoms with Gasteiger partial charge in [-0.15, -0.1) is 0 Å². The second-order valence-corrected chi connectivity index (χ2v) is 6.35. The van der Waals surface area contributed by atoms with E-state index in [9.17, 15) is 0 Å². The van der Waals surface area contributed by atoms with E-state index in [1.54, 1.807) is 0 Å². The number of nitrogens with two attached hydrogens (primary N) is 1. The summed E-state index contributed by atoms with van der Waals surface area (Å²) in [5.74, 6) is 0.754. The van der Waals surface area contributed by atoms with Gasteiger partial charge in [-0.1, -0.05) is 19.8 Å². The van der Waals surface area contributed by atoms with Gasteiger partial charge in [0.15, 0.2) is 0 Å². The molecule has 2 aliphatic rings. The minimum absolute atomic E-state index is 0.0437. The van der Waals surface area contributed by atoms with Crippen LogP contribution in [0.2, 0.25) is 0 Å². The van der Waals surface area contributed by atoms with Crippen LogP contribution >= 0.6 is 0 Å². The Morgan fingerprint density at radius 1 is 1.17 bits per heavy atom. The monoisotopic (exact) mass is 255 g/mol. The molecular weight excluding hydrogens is 226 g/mol. The molecule has 0 spiro atoms. The van der Waals surface area contributed by atoms with Gasteiger partial charge >= 0.3 is 0 Å². The van der Waals surface area contributed by atoms with E-state index in [0.717, 1.165) is 25.2 Å². The third kappa shape index (κ3) is 3.46. The van der Waals surface area contributed by atoms with Gasteiger partial charge in [-0.05, 0) is 44.4 Å². The second kappa shape index (κ2) is 6.36. The normalized spacial score (nSPS) is 41.8. The highest BCUT2D eigenvalue weighted by Crippen LogP contribution is 2.37. The maximum atomic E-state index is 6.47. The zero-order chi connectivity index (χ0) is 13.0. The van der Waals surface area contributed by atoms with Crippen LogP contribution in [0.15, 0.2) is 0 Å². The highest BCUT2D eigenvalue weighted by Gasteiger charge is 2.38. The standard InChI is InChI=1S/C15H29NO2/c1-12-5-4-8-15(10-12,11-16)18-14-7-3-6-13(9-14)17-2/h12-14H,3-11,16H2,1-2H3. The van der Waals surface area contributed by atoms with Gasteiger partial charge in [0.25, 0.3) is 0 Å². The molecule has 2 saturated carbocycles. The average Bonchev–Trinajstić information content (AvgIpc) is 2.39. The van der Waals surface area contributed by atoms with Gasteiger partial charge in [0.1, 0.15) is 0 Å². The van der Waals surface area contributed by atoms with E-state index in [4.69, 9.17) is 15.2 Å². The zero-order valence-electron chi connectivity index (χ0n) is 12.0. The maximum Gasteiger partial charge on any atom is 0.0810 e. The summed E-state index contributed by atoms with van der Waals surface area (Å²) in [7, 11) is 1.81. The molecule has 0 bridgehead atoms. The summed E-state index contributed by atoms with van der Waals surface area (Å²) in [5.41, 5.74) is 5.98. The second-order valence-electron chi connectivity index (χ2n) is 6.35. The first-order chi connectivity index (χ1) is 8.67.